The van der Waals surface area contributed by atoms with Crippen LogP contribution in [0.5, 0.6) is 11.5 Å². The quantitative estimate of drug-likeness (QED) is 0.293. The van der Waals surface area contributed by atoms with Crippen LogP contribution in [0.1, 0.15) is 62.7 Å². The normalized spacial score (nSPS) is 11.6. The summed E-state index contributed by atoms with van der Waals surface area (Å²) in [4.78, 5) is 23.8. The summed E-state index contributed by atoms with van der Waals surface area (Å²) in [7, 11) is 1.67. The van der Waals surface area contributed by atoms with Gasteiger partial charge in [0.05, 0.1) is 12.7 Å². The van der Waals surface area contributed by atoms with E-state index in [2.05, 4.69) is 19.1 Å². The number of hydrogen-bond acceptors (Lipinski definition) is 4. The number of carbonyl (C=O) groups excluding carboxylic acids is 2. The minimum absolute atomic E-state index is 0.0393. The van der Waals surface area contributed by atoms with Crippen molar-refractivity contribution in [2.75, 3.05) is 7.11 Å². The second-order valence-corrected chi connectivity index (χ2v) is 7.50. The summed E-state index contributed by atoms with van der Waals surface area (Å²) in [6, 6.07) is 18.5. The molecule has 0 saturated heterocycles. The second-order valence-electron chi connectivity index (χ2n) is 7.50. The van der Waals surface area contributed by atoms with Gasteiger partial charge in [0, 0.05) is 11.5 Å². The zero-order valence-corrected chi connectivity index (χ0v) is 18.0. The van der Waals surface area contributed by atoms with Crippen molar-refractivity contribution in [1.82, 2.24) is 0 Å². The summed E-state index contributed by atoms with van der Waals surface area (Å²) in [5.74, 6) is 1.11. The van der Waals surface area contributed by atoms with Crippen LogP contribution in [-0.2, 0) is 0 Å². The highest BCUT2D eigenvalue weighted by Gasteiger charge is 2.15. The van der Waals surface area contributed by atoms with Gasteiger partial charge in [0.2, 0.25) is 0 Å². The van der Waals surface area contributed by atoms with Crippen molar-refractivity contribution >= 4 is 11.8 Å². The summed E-state index contributed by atoms with van der Waals surface area (Å²) in [5.41, 5.74) is 5.30. The average molecular weight is 402 g/mol. The third-order valence-electron chi connectivity index (χ3n) is 5.35. The third-order valence-corrected chi connectivity index (χ3v) is 5.35. The summed E-state index contributed by atoms with van der Waals surface area (Å²) < 4.78 is 10.9. The Hall–Kier alpha value is -3.40. The zero-order chi connectivity index (χ0) is 21.8. The van der Waals surface area contributed by atoms with Crippen molar-refractivity contribution in [2.45, 2.75) is 33.6 Å². The van der Waals surface area contributed by atoms with Gasteiger partial charge in [0.25, 0.3) is 0 Å². The maximum Gasteiger partial charge on any atom is 0.343 e. The van der Waals surface area contributed by atoms with Crippen molar-refractivity contribution in [3.63, 3.8) is 0 Å². The van der Waals surface area contributed by atoms with Gasteiger partial charge in [-0.15, -0.1) is 0 Å². The first kappa shape index (κ1) is 21.3. The molecule has 0 aliphatic rings. The molecule has 0 aliphatic heterocycles. The van der Waals surface area contributed by atoms with Gasteiger partial charge < -0.3 is 9.47 Å². The van der Waals surface area contributed by atoms with Gasteiger partial charge >= 0.3 is 5.97 Å². The Morgan fingerprint density at radius 3 is 1.73 bits per heavy atom. The van der Waals surface area contributed by atoms with Crippen molar-refractivity contribution in [3.05, 3.63) is 94.0 Å². The van der Waals surface area contributed by atoms with Crippen molar-refractivity contribution in [3.8, 4) is 11.5 Å². The minimum atomic E-state index is -0.445. The first-order chi connectivity index (χ1) is 14.3. The number of ketones is 1. The number of esters is 1. The van der Waals surface area contributed by atoms with Crippen LogP contribution in [0, 0.1) is 13.8 Å². The fourth-order valence-electron chi connectivity index (χ4n) is 3.42. The molecule has 0 aliphatic carbocycles. The highest BCUT2D eigenvalue weighted by atomic mass is 16.5. The smallest absolute Gasteiger partial charge is 0.343 e. The van der Waals surface area contributed by atoms with E-state index in [0.717, 1.165) is 22.4 Å². The van der Waals surface area contributed by atoms with Crippen LogP contribution in [0.4, 0.5) is 0 Å². The van der Waals surface area contributed by atoms with Gasteiger partial charge in [-0.25, -0.2) is 4.79 Å². The highest BCUT2D eigenvalue weighted by molar-refractivity contribution is 5.96. The molecule has 0 radical (unpaired) electrons. The third kappa shape index (κ3) is 4.60. The molecule has 0 N–H and O–H groups in total. The molecular weight excluding hydrogens is 376 g/mol. The molecule has 0 heterocycles. The Balaban J connectivity index is 1.76. The van der Waals surface area contributed by atoms with Gasteiger partial charge in [0.15, 0.2) is 5.78 Å². The molecule has 0 spiro atoms. The number of carbonyl (C=O) groups is 2. The van der Waals surface area contributed by atoms with Gasteiger partial charge in [-0.1, -0.05) is 43.3 Å². The van der Waals surface area contributed by atoms with Crippen LogP contribution in [0.25, 0.3) is 0 Å². The lowest BCUT2D eigenvalue weighted by Crippen LogP contribution is -2.10. The lowest BCUT2D eigenvalue weighted by Gasteiger charge is -2.16. The van der Waals surface area contributed by atoms with E-state index in [1.54, 1.807) is 31.4 Å². The maximum absolute atomic E-state index is 12.5. The molecule has 0 amide bonds. The second kappa shape index (κ2) is 8.95. The number of Topliss-reactive ketones (excluding diaryl/α,β-unsaturated/α-hetero) is 1. The molecular formula is C26H26O4. The lowest BCUT2D eigenvalue weighted by atomic mass is 9.91. The molecule has 3 aromatic rings. The largest absolute Gasteiger partial charge is 0.496 e. The molecule has 4 nitrogen and oxygen atoms in total. The van der Waals surface area contributed by atoms with E-state index in [-0.39, 0.29) is 11.7 Å². The van der Waals surface area contributed by atoms with E-state index in [4.69, 9.17) is 9.47 Å². The molecule has 30 heavy (non-hydrogen) atoms. The molecule has 1 unspecified atom stereocenters. The minimum Gasteiger partial charge on any atom is -0.496 e. The van der Waals surface area contributed by atoms with Crippen LogP contribution in [0.15, 0.2) is 60.7 Å². The lowest BCUT2D eigenvalue weighted by molar-refractivity contribution is 0.0733. The summed E-state index contributed by atoms with van der Waals surface area (Å²) >= 11 is 0. The van der Waals surface area contributed by atoms with Crippen molar-refractivity contribution < 1.29 is 19.1 Å². The van der Waals surface area contributed by atoms with E-state index < -0.39 is 5.97 Å². The fraction of sp³-hybridized carbons (Fsp3) is 0.231. The monoisotopic (exact) mass is 402 g/mol. The Kier molecular flexibility index (Phi) is 6.36. The summed E-state index contributed by atoms with van der Waals surface area (Å²) in [6.45, 7) is 7.60. The van der Waals surface area contributed by atoms with E-state index >= 15 is 0 Å². The van der Waals surface area contributed by atoms with E-state index in [9.17, 15) is 9.59 Å². The van der Waals surface area contributed by atoms with Crippen LogP contribution in [-0.4, -0.2) is 18.9 Å². The topological polar surface area (TPSA) is 52.6 Å². The molecule has 154 valence electrons. The number of hydrogen-bond donors (Lipinski definition) is 0. The molecule has 3 aromatic carbocycles. The van der Waals surface area contributed by atoms with Crippen molar-refractivity contribution in [2.24, 2.45) is 0 Å². The number of rotatable bonds is 6. The van der Waals surface area contributed by atoms with Crippen LogP contribution in [0.2, 0.25) is 0 Å². The SMILES string of the molecule is COc1ccc(C(C)c2ccc(OC(=O)c3ccc(C(C)=O)cc3)c(C)c2)cc1C. The molecule has 0 aromatic heterocycles. The molecule has 3 rings (SSSR count). The number of methoxy groups -OCH3 is 1. The summed E-state index contributed by atoms with van der Waals surface area (Å²) in [5, 5.41) is 0. The van der Waals surface area contributed by atoms with Crippen molar-refractivity contribution in [1.29, 1.82) is 0 Å². The molecule has 0 bridgehead atoms. The fourth-order valence-corrected chi connectivity index (χ4v) is 3.42. The molecule has 0 saturated carbocycles. The zero-order valence-electron chi connectivity index (χ0n) is 18.0. The first-order valence-electron chi connectivity index (χ1n) is 9.88. The predicted molar refractivity (Wildman–Crippen MR) is 118 cm³/mol. The van der Waals surface area contributed by atoms with Gasteiger partial charge in [-0.05, 0) is 67.3 Å². The Bertz CT molecular complexity index is 1080. The number of benzene rings is 3. The molecule has 1 atom stereocenters. The van der Waals surface area contributed by atoms with Crippen LogP contribution >= 0.6 is 0 Å². The number of aryl methyl sites for hydroxylation is 2. The highest BCUT2D eigenvalue weighted by Crippen LogP contribution is 2.31. The number of ether oxygens (including phenoxy) is 2. The van der Waals surface area contributed by atoms with Crippen LogP contribution < -0.4 is 9.47 Å². The standard InChI is InChI=1S/C26H26O4/c1-16-14-22(10-12-24(16)29-5)18(3)23-11-13-25(17(2)15-23)30-26(28)21-8-6-20(7-9-21)19(4)27/h6-15,18H,1-5H3. The Labute approximate surface area is 177 Å². The van der Waals surface area contributed by atoms with E-state index in [1.165, 1.54) is 12.5 Å². The average Bonchev–Trinajstić information content (AvgIpc) is 2.74. The van der Waals surface area contributed by atoms with Gasteiger partial charge in [-0.2, -0.15) is 0 Å². The predicted octanol–water partition coefficient (Wildman–Crippen LogP) is 5.89. The van der Waals surface area contributed by atoms with E-state index in [0.29, 0.717) is 16.9 Å². The van der Waals surface area contributed by atoms with Gasteiger partial charge in [0.1, 0.15) is 11.5 Å². The summed E-state index contributed by atoms with van der Waals surface area (Å²) in [6.07, 6.45) is 0. The first-order valence-corrected chi connectivity index (χ1v) is 9.88. The Morgan fingerprint density at radius 1 is 0.767 bits per heavy atom. The Morgan fingerprint density at radius 2 is 1.27 bits per heavy atom. The van der Waals surface area contributed by atoms with Crippen LogP contribution in [0.3, 0.4) is 0 Å². The van der Waals surface area contributed by atoms with Gasteiger partial charge in [-0.3, -0.25) is 4.79 Å². The van der Waals surface area contributed by atoms with E-state index in [1.807, 2.05) is 38.1 Å². The molecule has 4 heteroatoms. The maximum atomic E-state index is 12.5. The molecule has 0 fully saturated rings.